The van der Waals surface area contributed by atoms with Crippen LogP contribution in [-0.4, -0.2) is 23.5 Å². The third kappa shape index (κ3) is 16.7. The van der Waals surface area contributed by atoms with Gasteiger partial charge >= 0.3 is 5.97 Å². The molecule has 4 heteroatoms. The molecule has 0 spiro atoms. The number of unbranched alkanes of at least 4 members (excludes halogenated alkanes) is 9. The second-order valence-electron chi connectivity index (χ2n) is 5.80. The summed E-state index contributed by atoms with van der Waals surface area (Å²) in [4.78, 5) is 21.5. The summed E-state index contributed by atoms with van der Waals surface area (Å²) in [7, 11) is 0. The molecule has 0 aliphatic heterocycles. The van der Waals surface area contributed by atoms with Crippen LogP contribution in [0.15, 0.2) is 12.2 Å². The normalized spacial score (nSPS) is 11.0. The molecule has 0 atom stereocenters. The Morgan fingerprint density at radius 1 is 0.864 bits per heavy atom. The first-order valence-corrected chi connectivity index (χ1v) is 8.80. The molecule has 0 bridgehead atoms. The van der Waals surface area contributed by atoms with Gasteiger partial charge in [0, 0.05) is 6.42 Å². The van der Waals surface area contributed by atoms with Crippen molar-refractivity contribution < 1.29 is 14.7 Å². The number of carboxylic acid groups (broad SMARTS) is 1. The first kappa shape index (κ1) is 20.7. The molecule has 0 aromatic heterocycles. The monoisotopic (exact) mass is 311 g/mol. The van der Waals surface area contributed by atoms with Crippen molar-refractivity contribution in [2.45, 2.75) is 84.0 Å². The number of carboxylic acids is 1. The van der Waals surface area contributed by atoms with Crippen LogP contribution in [0.2, 0.25) is 0 Å². The Hall–Kier alpha value is -1.32. The number of rotatable bonds is 15. The van der Waals surface area contributed by atoms with Gasteiger partial charge in [-0.2, -0.15) is 0 Å². The summed E-state index contributed by atoms with van der Waals surface area (Å²) in [6, 6.07) is 0. The van der Waals surface area contributed by atoms with Gasteiger partial charge in [0.2, 0.25) is 5.91 Å². The molecule has 0 unspecified atom stereocenters. The van der Waals surface area contributed by atoms with E-state index in [4.69, 9.17) is 5.11 Å². The Morgan fingerprint density at radius 2 is 1.41 bits per heavy atom. The van der Waals surface area contributed by atoms with Crippen LogP contribution in [0.4, 0.5) is 0 Å². The highest BCUT2D eigenvalue weighted by molar-refractivity contribution is 5.80. The molecule has 0 aromatic rings. The van der Waals surface area contributed by atoms with Gasteiger partial charge in [-0.05, 0) is 25.7 Å². The maximum absolute atomic E-state index is 11.3. The number of carbonyl (C=O) groups excluding carboxylic acids is 1. The zero-order valence-electron chi connectivity index (χ0n) is 14.1. The molecule has 0 aliphatic rings. The Labute approximate surface area is 135 Å². The summed E-state index contributed by atoms with van der Waals surface area (Å²) >= 11 is 0. The smallest absolute Gasteiger partial charge is 0.322 e. The highest BCUT2D eigenvalue weighted by Crippen LogP contribution is 2.10. The lowest BCUT2D eigenvalue weighted by molar-refractivity contribution is -0.137. The van der Waals surface area contributed by atoms with Crippen molar-refractivity contribution in [1.82, 2.24) is 5.32 Å². The van der Waals surface area contributed by atoms with Crippen molar-refractivity contribution in [3.63, 3.8) is 0 Å². The Kier molecular flexibility index (Phi) is 15.1. The van der Waals surface area contributed by atoms with Crippen molar-refractivity contribution in [3.8, 4) is 0 Å². The van der Waals surface area contributed by atoms with Crippen molar-refractivity contribution in [3.05, 3.63) is 12.2 Å². The van der Waals surface area contributed by atoms with E-state index < -0.39 is 5.97 Å². The molecule has 0 saturated carbocycles. The molecule has 4 nitrogen and oxygen atoms in total. The number of aliphatic carboxylic acids is 1. The summed E-state index contributed by atoms with van der Waals surface area (Å²) < 4.78 is 0. The average Bonchev–Trinajstić information content (AvgIpc) is 2.49. The van der Waals surface area contributed by atoms with E-state index in [0.29, 0.717) is 6.42 Å². The molecule has 0 fully saturated rings. The first-order valence-electron chi connectivity index (χ1n) is 8.80. The summed E-state index contributed by atoms with van der Waals surface area (Å²) in [5.74, 6) is -1.18. The van der Waals surface area contributed by atoms with E-state index in [1.807, 2.05) is 0 Å². The zero-order chi connectivity index (χ0) is 16.5. The number of hydrogen-bond donors (Lipinski definition) is 2. The van der Waals surface area contributed by atoms with Crippen LogP contribution in [0.25, 0.3) is 0 Å². The van der Waals surface area contributed by atoms with Gasteiger partial charge in [0.15, 0.2) is 0 Å². The Bertz CT molecular complexity index is 313. The van der Waals surface area contributed by atoms with Gasteiger partial charge in [0.1, 0.15) is 6.54 Å². The predicted molar refractivity (Wildman–Crippen MR) is 90.9 cm³/mol. The van der Waals surface area contributed by atoms with E-state index >= 15 is 0 Å². The highest BCUT2D eigenvalue weighted by atomic mass is 16.4. The number of hydrogen-bond acceptors (Lipinski definition) is 2. The standard InChI is InChI=1S/C18H33NO3/c1-2-3-4-5-6-7-8-9-10-11-12-13-14-15-17(20)19-16-18(21)22/h11-12H,2-10,13-16H2,1H3,(H,19,20)(H,21,22)/b12-11-. The highest BCUT2D eigenvalue weighted by Gasteiger charge is 2.02. The zero-order valence-corrected chi connectivity index (χ0v) is 14.1. The number of nitrogens with one attached hydrogen (secondary N) is 1. The Morgan fingerprint density at radius 3 is 2.00 bits per heavy atom. The maximum atomic E-state index is 11.3. The third-order valence-corrected chi connectivity index (χ3v) is 3.60. The van der Waals surface area contributed by atoms with Crippen molar-refractivity contribution in [2.24, 2.45) is 0 Å². The summed E-state index contributed by atoms with van der Waals surface area (Å²) in [6.07, 6.45) is 18.3. The van der Waals surface area contributed by atoms with Gasteiger partial charge in [-0.1, -0.05) is 64.0 Å². The summed E-state index contributed by atoms with van der Waals surface area (Å²) in [5.41, 5.74) is 0. The molecule has 1 amide bonds. The van der Waals surface area contributed by atoms with E-state index in [1.54, 1.807) is 0 Å². The lowest BCUT2D eigenvalue weighted by atomic mass is 10.1. The molecule has 0 aliphatic carbocycles. The minimum absolute atomic E-state index is 0.182. The maximum Gasteiger partial charge on any atom is 0.322 e. The molecular weight excluding hydrogens is 278 g/mol. The SMILES string of the molecule is CCCCCCCCCC/C=C\CCCC(=O)NCC(=O)O. The van der Waals surface area contributed by atoms with Gasteiger partial charge < -0.3 is 10.4 Å². The third-order valence-electron chi connectivity index (χ3n) is 3.60. The van der Waals surface area contributed by atoms with E-state index in [1.165, 1.54) is 51.4 Å². The van der Waals surface area contributed by atoms with Crippen molar-refractivity contribution >= 4 is 11.9 Å². The van der Waals surface area contributed by atoms with Crippen LogP contribution in [0.3, 0.4) is 0 Å². The molecule has 128 valence electrons. The molecule has 0 aromatic carbocycles. The quantitative estimate of drug-likeness (QED) is 0.347. The molecule has 0 rings (SSSR count). The van der Waals surface area contributed by atoms with Gasteiger partial charge in [-0.15, -0.1) is 0 Å². The van der Waals surface area contributed by atoms with E-state index in [2.05, 4.69) is 24.4 Å². The minimum Gasteiger partial charge on any atom is -0.480 e. The van der Waals surface area contributed by atoms with Crippen LogP contribution >= 0.6 is 0 Å². The first-order chi connectivity index (χ1) is 10.7. The minimum atomic E-state index is -1.00. The molecule has 2 N–H and O–H groups in total. The fourth-order valence-electron chi connectivity index (χ4n) is 2.27. The van der Waals surface area contributed by atoms with Crippen molar-refractivity contribution in [1.29, 1.82) is 0 Å². The molecule has 0 saturated heterocycles. The van der Waals surface area contributed by atoms with Crippen LogP contribution < -0.4 is 5.32 Å². The number of allylic oxidation sites excluding steroid dienone is 2. The van der Waals surface area contributed by atoms with Gasteiger partial charge in [0.05, 0.1) is 0 Å². The fraction of sp³-hybridized carbons (Fsp3) is 0.778. The second kappa shape index (κ2) is 16.1. The van der Waals surface area contributed by atoms with E-state index in [0.717, 1.165) is 19.3 Å². The average molecular weight is 311 g/mol. The molecule has 22 heavy (non-hydrogen) atoms. The topological polar surface area (TPSA) is 66.4 Å². The second-order valence-corrected chi connectivity index (χ2v) is 5.80. The summed E-state index contributed by atoms with van der Waals surface area (Å²) in [6.45, 7) is 1.96. The number of carbonyl (C=O) groups is 2. The lowest BCUT2D eigenvalue weighted by Crippen LogP contribution is -2.28. The van der Waals surface area contributed by atoms with Crippen LogP contribution in [0.1, 0.15) is 84.0 Å². The van der Waals surface area contributed by atoms with Gasteiger partial charge in [0.25, 0.3) is 0 Å². The van der Waals surface area contributed by atoms with Crippen LogP contribution in [-0.2, 0) is 9.59 Å². The lowest BCUT2D eigenvalue weighted by Gasteiger charge is -2.01. The molecule has 0 radical (unpaired) electrons. The number of amides is 1. The Balaban J connectivity index is 3.24. The van der Waals surface area contributed by atoms with Crippen molar-refractivity contribution in [2.75, 3.05) is 6.54 Å². The van der Waals surface area contributed by atoms with E-state index in [-0.39, 0.29) is 12.5 Å². The fourth-order valence-corrected chi connectivity index (χ4v) is 2.27. The van der Waals surface area contributed by atoms with Crippen LogP contribution in [0.5, 0.6) is 0 Å². The largest absolute Gasteiger partial charge is 0.480 e. The molecule has 0 heterocycles. The van der Waals surface area contributed by atoms with Gasteiger partial charge in [-0.25, -0.2) is 0 Å². The van der Waals surface area contributed by atoms with Gasteiger partial charge in [-0.3, -0.25) is 9.59 Å². The van der Waals surface area contributed by atoms with E-state index in [9.17, 15) is 9.59 Å². The summed E-state index contributed by atoms with van der Waals surface area (Å²) in [5, 5.41) is 10.8. The predicted octanol–water partition coefficient (Wildman–Crippen LogP) is 4.44. The van der Waals surface area contributed by atoms with Crippen LogP contribution in [0, 0.1) is 0 Å². The molecular formula is C18H33NO3.